The Balaban J connectivity index is 2.09. The average Bonchev–Trinajstić information content (AvgIpc) is 2.83. The van der Waals surface area contributed by atoms with Crippen LogP contribution in [0.25, 0.3) is 0 Å². The molecule has 2 aromatic rings. The van der Waals surface area contributed by atoms with Crippen LogP contribution in [0.1, 0.15) is 18.2 Å². The number of aryl methyl sites for hydroxylation is 1. The number of aromatic nitrogens is 1. The molecule has 0 saturated carbocycles. The van der Waals surface area contributed by atoms with Crippen LogP contribution in [0.15, 0.2) is 22.0 Å². The van der Waals surface area contributed by atoms with Crippen molar-refractivity contribution in [1.82, 2.24) is 4.98 Å². The molecule has 0 aliphatic heterocycles. The van der Waals surface area contributed by atoms with Gasteiger partial charge in [0.2, 0.25) is 0 Å². The van der Waals surface area contributed by atoms with Crippen molar-refractivity contribution < 1.29 is 9.53 Å². The van der Waals surface area contributed by atoms with Gasteiger partial charge in [0.15, 0.2) is 5.13 Å². The van der Waals surface area contributed by atoms with Crippen LogP contribution in [0.2, 0.25) is 5.02 Å². The van der Waals surface area contributed by atoms with E-state index in [-0.39, 0.29) is 12.4 Å². The number of carbonyl (C=O) groups is 1. The second kappa shape index (κ2) is 7.24. The zero-order valence-corrected chi connectivity index (χ0v) is 14.7. The molecular weight excluding hydrogens is 376 g/mol. The number of ether oxygens (including phenoxy) is 1. The van der Waals surface area contributed by atoms with Crippen LogP contribution >= 0.6 is 38.9 Å². The Morgan fingerprint density at radius 1 is 1.52 bits per heavy atom. The van der Waals surface area contributed by atoms with Gasteiger partial charge in [-0.15, -0.1) is 11.3 Å². The summed E-state index contributed by atoms with van der Waals surface area (Å²) >= 11 is 11.0. The number of carbonyl (C=O) groups excluding carboxylic acids is 1. The maximum atomic E-state index is 11.4. The van der Waals surface area contributed by atoms with E-state index < -0.39 is 0 Å². The van der Waals surface area contributed by atoms with Crippen molar-refractivity contribution in [2.24, 2.45) is 0 Å². The average molecular weight is 390 g/mol. The van der Waals surface area contributed by atoms with Crippen LogP contribution in [0.5, 0.6) is 0 Å². The van der Waals surface area contributed by atoms with E-state index in [4.69, 9.17) is 16.3 Å². The lowest BCUT2D eigenvalue weighted by molar-refractivity contribution is -0.142. The predicted octanol–water partition coefficient (Wildman–Crippen LogP) is 4.72. The minimum absolute atomic E-state index is 0.182. The molecule has 1 aromatic heterocycles. The van der Waals surface area contributed by atoms with Crippen molar-refractivity contribution in [2.45, 2.75) is 20.3 Å². The van der Waals surface area contributed by atoms with E-state index in [1.54, 1.807) is 6.92 Å². The van der Waals surface area contributed by atoms with Crippen molar-refractivity contribution in [3.63, 3.8) is 0 Å². The van der Waals surface area contributed by atoms with E-state index in [1.165, 1.54) is 11.3 Å². The molecule has 0 fully saturated rings. The summed E-state index contributed by atoms with van der Waals surface area (Å²) in [5.41, 5.74) is 2.52. The first kappa shape index (κ1) is 16.3. The van der Waals surface area contributed by atoms with E-state index in [9.17, 15) is 4.79 Å². The Morgan fingerprint density at radius 2 is 2.29 bits per heavy atom. The number of halogens is 2. The molecule has 0 bridgehead atoms. The van der Waals surface area contributed by atoms with Gasteiger partial charge >= 0.3 is 5.97 Å². The van der Waals surface area contributed by atoms with Gasteiger partial charge in [0, 0.05) is 14.9 Å². The lowest BCUT2D eigenvalue weighted by Gasteiger charge is -2.08. The Hall–Kier alpha value is -1.11. The summed E-state index contributed by atoms with van der Waals surface area (Å²) in [6.45, 7) is 4.10. The number of hydrogen-bond acceptors (Lipinski definition) is 5. The summed E-state index contributed by atoms with van der Waals surface area (Å²) < 4.78 is 5.81. The summed E-state index contributed by atoms with van der Waals surface area (Å²) in [6, 6.07) is 3.78. The van der Waals surface area contributed by atoms with E-state index >= 15 is 0 Å². The Kier molecular flexibility index (Phi) is 5.61. The maximum Gasteiger partial charge on any atom is 0.311 e. The third-order valence-corrected chi connectivity index (χ3v) is 4.54. The molecule has 2 rings (SSSR count). The summed E-state index contributed by atoms with van der Waals surface area (Å²) in [4.78, 5) is 15.8. The number of rotatable bonds is 5. The quantitative estimate of drug-likeness (QED) is 0.752. The molecule has 4 nitrogen and oxygen atoms in total. The Bertz CT molecular complexity index is 660. The second-order valence-electron chi connectivity index (χ2n) is 4.33. The highest BCUT2D eigenvalue weighted by molar-refractivity contribution is 9.10. The molecule has 112 valence electrons. The molecule has 0 saturated heterocycles. The zero-order chi connectivity index (χ0) is 15.4. The summed E-state index contributed by atoms with van der Waals surface area (Å²) in [5.74, 6) is -0.270. The van der Waals surface area contributed by atoms with Crippen LogP contribution < -0.4 is 5.32 Å². The molecule has 0 amide bonds. The monoisotopic (exact) mass is 388 g/mol. The predicted molar refractivity (Wildman–Crippen MR) is 89.6 cm³/mol. The van der Waals surface area contributed by atoms with Gasteiger partial charge in [0.25, 0.3) is 0 Å². The van der Waals surface area contributed by atoms with E-state index in [1.807, 2.05) is 24.4 Å². The van der Waals surface area contributed by atoms with Crippen molar-refractivity contribution >= 4 is 55.7 Å². The number of nitrogens with zero attached hydrogens (tertiary/aromatic N) is 1. The lowest BCUT2D eigenvalue weighted by Crippen LogP contribution is -2.07. The molecule has 1 N–H and O–H groups in total. The Morgan fingerprint density at radius 3 is 3.00 bits per heavy atom. The van der Waals surface area contributed by atoms with Crippen molar-refractivity contribution in [3.05, 3.63) is 38.3 Å². The molecule has 0 atom stereocenters. The molecule has 0 aliphatic carbocycles. The van der Waals surface area contributed by atoms with Gasteiger partial charge in [-0.1, -0.05) is 11.6 Å². The van der Waals surface area contributed by atoms with Crippen LogP contribution in [0.4, 0.5) is 10.8 Å². The second-order valence-corrected chi connectivity index (χ2v) is 6.45. The number of benzene rings is 1. The standard InChI is InChI=1S/C14H14BrClN2O2S/c1-3-20-13(19)5-9-7-21-14(17-9)18-12-6-11(16)8(2)4-10(12)15/h4,6-7H,3,5H2,1-2H3,(H,17,18). The molecule has 0 radical (unpaired) electrons. The third kappa shape index (κ3) is 4.43. The van der Waals surface area contributed by atoms with E-state index in [0.717, 1.165) is 15.7 Å². The topological polar surface area (TPSA) is 51.2 Å². The number of nitrogens with one attached hydrogen (secondary N) is 1. The van der Waals surface area contributed by atoms with Gasteiger partial charge < -0.3 is 10.1 Å². The van der Waals surface area contributed by atoms with Crippen molar-refractivity contribution in [3.8, 4) is 0 Å². The summed E-state index contributed by atoms with van der Waals surface area (Å²) in [7, 11) is 0. The number of hydrogen-bond donors (Lipinski definition) is 1. The number of esters is 1. The highest BCUT2D eigenvalue weighted by Crippen LogP contribution is 2.32. The summed E-state index contributed by atoms with van der Waals surface area (Å²) in [6.07, 6.45) is 0.182. The SMILES string of the molecule is CCOC(=O)Cc1csc(Nc2cc(Cl)c(C)cc2Br)n1. The first-order chi connectivity index (χ1) is 9.99. The maximum absolute atomic E-state index is 11.4. The lowest BCUT2D eigenvalue weighted by atomic mass is 10.2. The summed E-state index contributed by atoms with van der Waals surface area (Å²) in [5, 5.41) is 6.41. The van der Waals surface area contributed by atoms with Gasteiger partial charge in [0.05, 0.1) is 24.4 Å². The molecule has 1 heterocycles. The minimum atomic E-state index is -0.270. The fourth-order valence-corrected chi connectivity index (χ4v) is 3.11. The fraction of sp³-hybridized carbons (Fsp3) is 0.286. The largest absolute Gasteiger partial charge is 0.466 e. The third-order valence-electron chi connectivity index (χ3n) is 2.67. The van der Waals surface area contributed by atoms with Crippen LogP contribution in [-0.2, 0) is 16.0 Å². The normalized spacial score (nSPS) is 10.5. The van der Waals surface area contributed by atoms with E-state index in [0.29, 0.717) is 22.5 Å². The minimum Gasteiger partial charge on any atom is -0.466 e. The van der Waals surface area contributed by atoms with Crippen molar-refractivity contribution in [1.29, 1.82) is 0 Å². The molecule has 7 heteroatoms. The number of thiazole rings is 1. The molecule has 0 unspecified atom stereocenters. The number of anilines is 2. The fourth-order valence-electron chi connectivity index (χ4n) is 1.66. The zero-order valence-electron chi connectivity index (χ0n) is 11.6. The molecule has 21 heavy (non-hydrogen) atoms. The van der Waals surface area contributed by atoms with Crippen LogP contribution in [0.3, 0.4) is 0 Å². The Labute approximate surface area is 140 Å². The highest BCUT2D eigenvalue weighted by Gasteiger charge is 2.10. The first-order valence-electron chi connectivity index (χ1n) is 6.32. The van der Waals surface area contributed by atoms with Crippen LogP contribution in [0, 0.1) is 6.92 Å². The van der Waals surface area contributed by atoms with Crippen molar-refractivity contribution in [2.75, 3.05) is 11.9 Å². The van der Waals surface area contributed by atoms with Gasteiger partial charge in [-0.05, 0) is 47.5 Å². The van der Waals surface area contributed by atoms with Gasteiger partial charge in [-0.25, -0.2) is 4.98 Å². The highest BCUT2D eigenvalue weighted by atomic mass is 79.9. The van der Waals surface area contributed by atoms with Crippen LogP contribution in [-0.4, -0.2) is 17.6 Å². The van der Waals surface area contributed by atoms with Gasteiger partial charge in [-0.3, -0.25) is 4.79 Å². The van der Waals surface area contributed by atoms with E-state index in [2.05, 4.69) is 26.2 Å². The first-order valence-corrected chi connectivity index (χ1v) is 8.37. The molecule has 0 aliphatic rings. The smallest absolute Gasteiger partial charge is 0.311 e. The molecule has 1 aromatic carbocycles. The van der Waals surface area contributed by atoms with Gasteiger partial charge in [-0.2, -0.15) is 0 Å². The molecular formula is C14H14BrClN2O2S. The van der Waals surface area contributed by atoms with Gasteiger partial charge in [0.1, 0.15) is 0 Å². The molecule has 0 spiro atoms.